The van der Waals surface area contributed by atoms with E-state index in [0.717, 1.165) is 34.1 Å². The van der Waals surface area contributed by atoms with Crippen LogP contribution < -0.4 is 9.80 Å². The highest BCUT2D eigenvalue weighted by Gasteiger charge is 2.32. The average molecular weight is 1060 g/mol. The van der Waals surface area contributed by atoms with Crippen LogP contribution in [0.1, 0.15) is 74.9 Å². The minimum Gasteiger partial charge on any atom is -0.310 e. The van der Waals surface area contributed by atoms with E-state index >= 15 is 0 Å². The Hall–Kier alpha value is -9.38. The molecule has 0 spiro atoms. The molecule has 4 heterocycles. The number of hydrogen-bond acceptors (Lipinski definition) is 2. The zero-order chi connectivity index (χ0) is 56.1. The van der Waals surface area contributed by atoms with Crippen LogP contribution in [0.2, 0.25) is 0 Å². The van der Waals surface area contributed by atoms with Crippen molar-refractivity contribution in [2.75, 3.05) is 9.80 Å². The van der Waals surface area contributed by atoms with E-state index in [1.54, 1.807) is 0 Å². The molecule has 0 saturated heterocycles. The van der Waals surface area contributed by atoms with Gasteiger partial charge < -0.3 is 18.6 Å². The van der Waals surface area contributed by atoms with Crippen LogP contribution in [0.25, 0.3) is 98.4 Å². The Bertz CT molecular complexity index is 4720. The molecule has 0 N–H and O–H groups in total. The van der Waals surface area contributed by atoms with Crippen molar-refractivity contribution in [2.24, 2.45) is 0 Å². The van der Waals surface area contributed by atoms with Gasteiger partial charge in [0.1, 0.15) is 0 Å². The first kappa shape index (κ1) is 49.6. The summed E-state index contributed by atoms with van der Waals surface area (Å²) < 4.78 is 5.30. The van der Waals surface area contributed by atoms with Crippen molar-refractivity contribution >= 4 is 110 Å². The van der Waals surface area contributed by atoms with E-state index in [0.29, 0.717) is 0 Å². The summed E-state index contributed by atoms with van der Waals surface area (Å²) in [5.74, 6) is 0. The van der Waals surface area contributed by atoms with Crippen LogP contribution in [-0.2, 0) is 10.8 Å². The SMILES string of the molecule is Cc1ccc(N(c2cccc(-c3ccccc3)c2)c2ccc3c4cc5c(cc4n4c6c(C(C)(C)C)cccc6c2c34)c2ccc(N(c3cccc(-c4ccccc4)c3)c3ccc(C)c(C)c3)c3c4cccc(C(C)(C)C)c4n5c23)cc1C. The maximum Gasteiger partial charge on any atom is 0.0641 e. The molecule has 82 heavy (non-hydrogen) atoms. The molecule has 0 aliphatic rings. The van der Waals surface area contributed by atoms with E-state index in [9.17, 15) is 0 Å². The van der Waals surface area contributed by atoms with Gasteiger partial charge in [-0.15, -0.1) is 0 Å². The first-order chi connectivity index (χ1) is 39.6. The molecule has 15 aromatic rings. The second-order valence-corrected chi connectivity index (χ2v) is 25.2. The van der Waals surface area contributed by atoms with E-state index in [2.05, 4.69) is 306 Å². The van der Waals surface area contributed by atoms with Crippen LogP contribution >= 0.6 is 0 Å². The molecule has 0 aliphatic heterocycles. The maximum absolute atomic E-state index is 2.65. The summed E-state index contributed by atoms with van der Waals surface area (Å²) in [5, 5.41) is 10.1. The number of hydrogen-bond donors (Lipinski definition) is 0. The monoisotopic (exact) mass is 1060 g/mol. The van der Waals surface area contributed by atoms with E-state index < -0.39 is 0 Å². The largest absolute Gasteiger partial charge is 0.310 e. The predicted octanol–water partition coefficient (Wildman–Crippen LogP) is 22.1. The van der Waals surface area contributed by atoms with Crippen LogP contribution in [0, 0.1) is 27.7 Å². The van der Waals surface area contributed by atoms with E-state index in [-0.39, 0.29) is 10.8 Å². The van der Waals surface area contributed by atoms with Gasteiger partial charge in [0.05, 0.1) is 44.5 Å². The van der Waals surface area contributed by atoms with Crippen LogP contribution in [-0.4, -0.2) is 8.80 Å². The highest BCUT2D eigenvalue weighted by Crippen LogP contribution is 2.53. The Morgan fingerprint density at radius 1 is 0.280 bits per heavy atom. The predicted molar refractivity (Wildman–Crippen MR) is 352 cm³/mol. The lowest BCUT2D eigenvalue weighted by Crippen LogP contribution is -2.12. The normalized spacial score (nSPS) is 12.5. The molecule has 11 aromatic carbocycles. The van der Waals surface area contributed by atoms with Gasteiger partial charge in [0, 0.05) is 65.8 Å². The molecule has 0 amide bonds. The molecule has 0 fully saturated rings. The van der Waals surface area contributed by atoms with Crippen LogP contribution in [0.4, 0.5) is 34.1 Å². The summed E-state index contributed by atoms with van der Waals surface area (Å²) in [5.41, 5.74) is 26.6. The van der Waals surface area contributed by atoms with Crippen molar-refractivity contribution in [1.29, 1.82) is 0 Å². The number of rotatable bonds is 8. The van der Waals surface area contributed by atoms with Gasteiger partial charge >= 0.3 is 0 Å². The molecule has 0 unspecified atom stereocenters. The lowest BCUT2D eigenvalue weighted by Gasteiger charge is -2.28. The first-order valence-electron chi connectivity index (χ1n) is 29.1. The number of aromatic nitrogens is 2. The molecule has 15 rings (SSSR count). The smallest absolute Gasteiger partial charge is 0.0641 e. The number of fused-ring (bicyclic) bond motifs is 12. The third-order valence-corrected chi connectivity index (χ3v) is 18.0. The molecule has 4 aromatic heterocycles. The van der Waals surface area contributed by atoms with Crippen molar-refractivity contribution in [3.63, 3.8) is 0 Å². The number of anilines is 6. The molecule has 0 radical (unpaired) electrons. The maximum atomic E-state index is 2.65. The van der Waals surface area contributed by atoms with Crippen molar-refractivity contribution in [1.82, 2.24) is 8.80 Å². The van der Waals surface area contributed by atoms with Gasteiger partial charge in [-0.25, -0.2) is 0 Å². The standard InChI is InChI=1S/C78H66N4/c1-47-33-35-57(41-49(47)3)79(55-27-17-25-53(43-55)51-21-13-11-14-22-51)67-39-37-59-63-45-70-64(46-69(63)81-73-61(71(67)75(59)81)29-19-31-65(73)77(5,6)7)60-38-40-68(72-62-30-20-32-66(78(8,9)10)74(62)82(70)76(60)72)80(58-36-34-48(2)50(4)42-58)56-28-18-26-54(44-56)52-23-15-12-16-24-52/h11-46H,1-10H3. The fraction of sp³-hybridized carbons (Fsp3) is 0.154. The first-order valence-corrected chi connectivity index (χ1v) is 29.1. The lowest BCUT2D eigenvalue weighted by atomic mass is 9.85. The Kier molecular flexibility index (Phi) is 10.9. The molecule has 398 valence electrons. The van der Waals surface area contributed by atoms with Crippen molar-refractivity contribution < 1.29 is 0 Å². The van der Waals surface area contributed by atoms with Gasteiger partial charge in [-0.3, -0.25) is 0 Å². The van der Waals surface area contributed by atoms with Crippen LogP contribution in [0.3, 0.4) is 0 Å². The summed E-state index contributed by atoms with van der Waals surface area (Å²) in [6.45, 7) is 23.1. The van der Waals surface area contributed by atoms with Gasteiger partial charge in [-0.05, 0) is 167 Å². The fourth-order valence-electron chi connectivity index (χ4n) is 13.7. The second kappa shape index (κ2) is 18.1. The van der Waals surface area contributed by atoms with E-state index in [1.165, 1.54) is 132 Å². The summed E-state index contributed by atoms with van der Waals surface area (Å²) in [6.07, 6.45) is 0. The Labute approximate surface area is 480 Å². The van der Waals surface area contributed by atoms with Crippen LogP contribution in [0.5, 0.6) is 0 Å². The lowest BCUT2D eigenvalue weighted by molar-refractivity contribution is 0.594. The molecule has 0 saturated carbocycles. The zero-order valence-corrected chi connectivity index (χ0v) is 48.6. The van der Waals surface area contributed by atoms with E-state index in [1.807, 2.05) is 0 Å². The number of para-hydroxylation sites is 2. The molecular weight excluding hydrogens is 993 g/mol. The van der Waals surface area contributed by atoms with Crippen molar-refractivity contribution in [2.45, 2.75) is 80.1 Å². The molecule has 4 heteroatoms. The Morgan fingerprint density at radius 3 is 1.05 bits per heavy atom. The highest BCUT2D eigenvalue weighted by atomic mass is 15.2. The third-order valence-electron chi connectivity index (χ3n) is 18.0. The molecule has 0 atom stereocenters. The number of nitrogens with zero attached hydrogens (tertiary/aromatic N) is 4. The van der Waals surface area contributed by atoms with E-state index in [4.69, 9.17) is 0 Å². The minimum absolute atomic E-state index is 0.143. The Morgan fingerprint density at radius 2 is 0.659 bits per heavy atom. The minimum atomic E-state index is -0.143. The zero-order valence-electron chi connectivity index (χ0n) is 48.6. The Balaban J connectivity index is 1.05. The quantitative estimate of drug-likeness (QED) is 0.151. The fourth-order valence-corrected chi connectivity index (χ4v) is 13.7. The van der Waals surface area contributed by atoms with Gasteiger partial charge in [0.25, 0.3) is 0 Å². The third kappa shape index (κ3) is 7.43. The van der Waals surface area contributed by atoms with Gasteiger partial charge in [-0.1, -0.05) is 187 Å². The molecule has 4 nitrogen and oxygen atoms in total. The molecular formula is C78H66N4. The molecule has 0 aliphatic carbocycles. The summed E-state index contributed by atoms with van der Waals surface area (Å²) in [7, 11) is 0. The second-order valence-electron chi connectivity index (χ2n) is 25.2. The van der Waals surface area contributed by atoms with Crippen LogP contribution in [0.15, 0.2) is 218 Å². The summed E-state index contributed by atoms with van der Waals surface area (Å²) in [6, 6.07) is 82.4. The van der Waals surface area contributed by atoms with Gasteiger partial charge in [0.15, 0.2) is 0 Å². The molecule has 0 bridgehead atoms. The summed E-state index contributed by atoms with van der Waals surface area (Å²) in [4.78, 5) is 5.02. The average Bonchev–Trinajstić information content (AvgIpc) is 4.10. The highest BCUT2D eigenvalue weighted by molar-refractivity contribution is 6.32. The van der Waals surface area contributed by atoms with Gasteiger partial charge in [-0.2, -0.15) is 0 Å². The number of benzene rings is 11. The van der Waals surface area contributed by atoms with Crippen molar-refractivity contribution in [3.8, 4) is 22.3 Å². The van der Waals surface area contributed by atoms with Gasteiger partial charge in [0.2, 0.25) is 0 Å². The van der Waals surface area contributed by atoms with Crippen molar-refractivity contribution in [3.05, 3.63) is 252 Å². The topological polar surface area (TPSA) is 15.3 Å². The summed E-state index contributed by atoms with van der Waals surface area (Å²) >= 11 is 0. The number of aryl methyl sites for hydroxylation is 4.